The number of aryl methyl sites for hydroxylation is 2. The van der Waals surface area contributed by atoms with Gasteiger partial charge in [-0.3, -0.25) is 0 Å². The molecule has 0 heterocycles. The Bertz CT molecular complexity index is 815. The lowest BCUT2D eigenvalue weighted by molar-refractivity contribution is 0.299. The van der Waals surface area contributed by atoms with E-state index in [0.717, 1.165) is 22.4 Å². The molecule has 2 rings (SSSR count). The molecule has 1 atom stereocenters. The summed E-state index contributed by atoms with van der Waals surface area (Å²) in [7, 11) is 1.92. The molecule has 5 nitrogen and oxygen atoms in total. The van der Waals surface area contributed by atoms with Gasteiger partial charge in [0, 0.05) is 12.6 Å². The highest BCUT2D eigenvalue weighted by molar-refractivity contribution is 7.89. The van der Waals surface area contributed by atoms with Crippen LogP contribution in [0, 0.1) is 13.8 Å². The van der Waals surface area contributed by atoms with E-state index in [9.17, 15) is 8.42 Å². The van der Waals surface area contributed by atoms with Crippen LogP contribution >= 0.6 is 0 Å². The van der Waals surface area contributed by atoms with Crippen molar-refractivity contribution in [1.82, 2.24) is 9.62 Å². The van der Waals surface area contributed by atoms with Crippen LogP contribution in [-0.2, 0) is 10.0 Å². The van der Waals surface area contributed by atoms with Crippen molar-refractivity contribution in [2.45, 2.75) is 24.8 Å². The summed E-state index contributed by atoms with van der Waals surface area (Å²) in [5.74, 6) is 0.775. The van der Waals surface area contributed by atoms with Gasteiger partial charge < -0.3 is 9.64 Å². The first-order chi connectivity index (χ1) is 11.7. The molecule has 0 fully saturated rings. The summed E-state index contributed by atoms with van der Waals surface area (Å²) in [5, 5.41) is 0. The molecular weight excluding hydrogens is 336 g/mol. The molecule has 0 bridgehead atoms. The Morgan fingerprint density at radius 1 is 1.08 bits per heavy atom. The van der Waals surface area contributed by atoms with Gasteiger partial charge in [-0.25, -0.2) is 13.1 Å². The van der Waals surface area contributed by atoms with Gasteiger partial charge in [0.25, 0.3) is 0 Å². The number of ether oxygens (including phenoxy) is 1. The van der Waals surface area contributed by atoms with E-state index in [0.29, 0.717) is 4.90 Å². The van der Waals surface area contributed by atoms with Gasteiger partial charge in [0.15, 0.2) is 0 Å². The number of hydrogen-bond acceptors (Lipinski definition) is 4. The molecule has 0 spiro atoms. The van der Waals surface area contributed by atoms with Crippen molar-refractivity contribution in [2.75, 3.05) is 27.7 Å². The topological polar surface area (TPSA) is 58.6 Å². The van der Waals surface area contributed by atoms with Crippen molar-refractivity contribution in [1.29, 1.82) is 0 Å². The number of rotatable bonds is 7. The fourth-order valence-electron chi connectivity index (χ4n) is 2.69. The van der Waals surface area contributed by atoms with Gasteiger partial charge >= 0.3 is 0 Å². The van der Waals surface area contributed by atoms with Crippen molar-refractivity contribution in [2.24, 2.45) is 0 Å². The van der Waals surface area contributed by atoms with Crippen molar-refractivity contribution in [3.8, 4) is 5.75 Å². The molecule has 0 radical (unpaired) electrons. The quantitative estimate of drug-likeness (QED) is 0.823. The molecule has 6 heteroatoms. The van der Waals surface area contributed by atoms with E-state index >= 15 is 0 Å². The first-order valence-corrected chi connectivity index (χ1v) is 9.60. The molecule has 0 aromatic heterocycles. The molecule has 25 heavy (non-hydrogen) atoms. The number of benzene rings is 2. The van der Waals surface area contributed by atoms with Gasteiger partial charge in [-0.2, -0.15) is 0 Å². The molecule has 0 aliphatic heterocycles. The Labute approximate surface area is 150 Å². The average molecular weight is 362 g/mol. The minimum absolute atomic E-state index is 0.0780. The zero-order chi connectivity index (χ0) is 18.6. The monoisotopic (exact) mass is 362 g/mol. The third kappa shape index (κ3) is 4.81. The smallest absolute Gasteiger partial charge is 0.240 e. The van der Waals surface area contributed by atoms with E-state index < -0.39 is 10.0 Å². The minimum Gasteiger partial charge on any atom is -0.497 e. The lowest BCUT2D eigenvalue weighted by Gasteiger charge is -2.25. The Hall–Kier alpha value is -1.89. The summed E-state index contributed by atoms with van der Waals surface area (Å²) in [6, 6.07) is 13.0. The van der Waals surface area contributed by atoms with Crippen LogP contribution in [0.5, 0.6) is 5.75 Å². The van der Waals surface area contributed by atoms with Crippen molar-refractivity contribution >= 4 is 10.0 Å². The number of hydrogen-bond donors (Lipinski definition) is 1. The van der Waals surface area contributed by atoms with Crippen molar-refractivity contribution in [3.63, 3.8) is 0 Å². The van der Waals surface area contributed by atoms with Crippen LogP contribution in [0.15, 0.2) is 47.4 Å². The maximum atomic E-state index is 12.7. The third-order valence-electron chi connectivity index (χ3n) is 4.22. The Morgan fingerprint density at radius 3 is 2.28 bits per heavy atom. The van der Waals surface area contributed by atoms with Gasteiger partial charge in [-0.1, -0.05) is 24.3 Å². The van der Waals surface area contributed by atoms with Crippen LogP contribution in [0.4, 0.5) is 0 Å². The van der Waals surface area contributed by atoms with E-state index in [2.05, 4.69) is 4.72 Å². The lowest BCUT2D eigenvalue weighted by Crippen LogP contribution is -2.34. The van der Waals surface area contributed by atoms with E-state index in [4.69, 9.17) is 4.74 Å². The Morgan fingerprint density at radius 2 is 1.72 bits per heavy atom. The predicted molar refractivity (Wildman–Crippen MR) is 101 cm³/mol. The second kappa shape index (κ2) is 7.99. The Balaban J connectivity index is 2.21. The summed E-state index contributed by atoms with van der Waals surface area (Å²) in [6.45, 7) is 3.98. The van der Waals surface area contributed by atoms with Crippen LogP contribution < -0.4 is 9.46 Å². The maximum Gasteiger partial charge on any atom is 0.240 e. The molecule has 2 aromatic rings. The maximum absolute atomic E-state index is 12.7. The molecular formula is C19H26N2O3S. The number of likely N-dealkylation sites (N-methyl/N-ethyl adjacent to an activating group) is 1. The van der Waals surface area contributed by atoms with Gasteiger partial charge in [0.05, 0.1) is 12.0 Å². The van der Waals surface area contributed by atoms with E-state index in [1.165, 1.54) is 0 Å². The summed E-state index contributed by atoms with van der Waals surface area (Å²) >= 11 is 0. The van der Waals surface area contributed by atoms with Gasteiger partial charge in [0.2, 0.25) is 10.0 Å². The predicted octanol–water partition coefficient (Wildman–Crippen LogP) is 2.89. The van der Waals surface area contributed by atoms with Gasteiger partial charge in [0.1, 0.15) is 5.75 Å². The summed E-state index contributed by atoms with van der Waals surface area (Å²) in [6.07, 6.45) is 0. The Kier molecular flexibility index (Phi) is 6.21. The largest absolute Gasteiger partial charge is 0.497 e. The first-order valence-electron chi connectivity index (χ1n) is 8.12. The second-order valence-corrected chi connectivity index (χ2v) is 8.11. The standard InChI is InChI=1S/C19H26N2O3S/c1-14-6-7-15(2)19(12-14)25(22,23)20-13-18(21(3)4)16-8-10-17(24-5)11-9-16/h6-12,18,20H,13H2,1-5H3. The van der Waals surface area contributed by atoms with Crippen LogP contribution in [0.25, 0.3) is 0 Å². The highest BCUT2D eigenvalue weighted by Crippen LogP contribution is 2.22. The number of sulfonamides is 1. The van der Waals surface area contributed by atoms with Gasteiger partial charge in [-0.15, -0.1) is 0 Å². The summed E-state index contributed by atoms with van der Waals surface area (Å²) in [4.78, 5) is 2.33. The molecule has 136 valence electrons. The fourth-order valence-corrected chi connectivity index (χ4v) is 4.05. The highest BCUT2D eigenvalue weighted by atomic mass is 32.2. The van der Waals surface area contributed by atoms with Crippen LogP contribution in [-0.4, -0.2) is 41.1 Å². The SMILES string of the molecule is COc1ccc(C(CNS(=O)(=O)c2cc(C)ccc2C)N(C)C)cc1. The van der Waals surface area contributed by atoms with E-state index in [1.54, 1.807) is 20.1 Å². The molecule has 0 saturated carbocycles. The zero-order valence-electron chi connectivity index (χ0n) is 15.4. The first kappa shape index (κ1) is 19.4. The average Bonchev–Trinajstić information content (AvgIpc) is 2.57. The molecule has 1 N–H and O–H groups in total. The number of nitrogens with zero attached hydrogens (tertiary/aromatic N) is 1. The number of nitrogens with one attached hydrogen (secondary N) is 1. The molecule has 0 saturated heterocycles. The number of methoxy groups -OCH3 is 1. The zero-order valence-corrected chi connectivity index (χ0v) is 16.2. The molecule has 0 aliphatic carbocycles. The second-order valence-electron chi connectivity index (χ2n) is 6.37. The fraction of sp³-hybridized carbons (Fsp3) is 0.368. The van der Waals surface area contributed by atoms with Crippen molar-refractivity contribution < 1.29 is 13.2 Å². The van der Waals surface area contributed by atoms with Crippen LogP contribution in [0.3, 0.4) is 0 Å². The molecule has 2 aromatic carbocycles. The van der Waals surface area contributed by atoms with Crippen LogP contribution in [0.1, 0.15) is 22.7 Å². The molecule has 1 unspecified atom stereocenters. The normalized spacial score (nSPS) is 13.0. The van der Waals surface area contributed by atoms with Crippen molar-refractivity contribution in [3.05, 3.63) is 59.2 Å². The molecule has 0 aliphatic rings. The highest BCUT2D eigenvalue weighted by Gasteiger charge is 2.21. The summed E-state index contributed by atoms with van der Waals surface area (Å²) in [5.41, 5.74) is 2.68. The molecule has 0 amide bonds. The van der Waals surface area contributed by atoms with Crippen LogP contribution in [0.2, 0.25) is 0 Å². The minimum atomic E-state index is -3.56. The summed E-state index contributed by atoms with van der Waals surface area (Å²) < 4.78 is 33.4. The van der Waals surface area contributed by atoms with Gasteiger partial charge in [-0.05, 0) is 62.8 Å². The third-order valence-corrected chi connectivity index (χ3v) is 5.79. The van der Waals surface area contributed by atoms with E-state index in [1.807, 2.05) is 62.3 Å². The van der Waals surface area contributed by atoms with E-state index in [-0.39, 0.29) is 12.6 Å². The lowest BCUT2D eigenvalue weighted by atomic mass is 10.1.